The minimum atomic E-state index is -0.992. The third-order valence-corrected chi connectivity index (χ3v) is 5.23. The predicted octanol–water partition coefficient (Wildman–Crippen LogP) is 6.05. The van der Waals surface area contributed by atoms with Crippen molar-refractivity contribution in [3.05, 3.63) is 116 Å². The lowest BCUT2D eigenvalue weighted by atomic mass is 10.0. The number of hydrogen-bond acceptors (Lipinski definition) is 7. The summed E-state index contributed by atoms with van der Waals surface area (Å²) in [5, 5.41) is 24.4. The summed E-state index contributed by atoms with van der Waals surface area (Å²) in [4.78, 5) is 33.2. The summed E-state index contributed by atoms with van der Waals surface area (Å²) in [5.41, 5.74) is 0.303. The maximum absolute atomic E-state index is 12.6. The van der Waals surface area contributed by atoms with Gasteiger partial charge in [-0.25, -0.2) is 4.79 Å². The number of hydrogen-bond donors (Lipinski definition) is 0. The number of methoxy groups -OCH3 is 1. The Morgan fingerprint density at radius 1 is 0.800 bits per heavy atom. The van der Waals surface area contributed by atoms with E-state index in [1.807, 2.05) is 54.6 Å². The molecule has 0 radical (unpaired) electrons. The first-order chi connectivity index (χ1) is 16.9. The van der Waals surface area contributed by atoms with Gasteiger partial charge in [-0.15, -0.1) is 0 Å². The van der Waals surface area contributed by atoms with E-state index in [9.17, 15) is 25.0 Å². The van der Waals surface area contributed by atoms with Crippen LogP contribution in [0.1, 0.15) is 21.5 Å². The van der Waals surface area contributed by atoms with Gasteiger partial charge < -0.3 is 9.47 Å². The largest absolute Gasteiger partial charge is 0.493 e. The van der Waals surface area contributed by atoms with Crippen molar-refractivity contribution in [3.8, 4) is 11.5 Å². The second-order valence-corrected chi connectivity index (χ2v) is 7.45. The van der Waals surface area contributed by atoms with Crippen molar-refractivity contribution >= 4 is 40.3 Å². The van der Waals surface area contributed by atoms with E-state index >= 15 is 0 Å². The van der Waals surface area contributed by atoms with Crippen LogP contribution in [-0.4, -0.2) is 22.9 Å². The second-order valence-electron chi connectivity index (χ2n) is 7.45. The smallest absolute Gasteiger partial charge is 0.344 e. The summed E-state index contributed by atoms with van der Waals surface area (Å²) in [6.07, 6.45) is 3.85. The normalized spacial score (nSPS) is 10.9. The highest BCUT2D eigenvalue weighted by molar-refractivity contribution is 5.94. The second kappa shape index (κ2) is 9.84. The lowest BCUT2D eigenvalue weighted by molar-refractivity contribution is -0.394. The molecule has 4 rings (SSSR count). The topological polar surface area (TPSA) is 122 Å². The molecule has 0 aliphatic carbocycles. The zero-order chi connectivity index (χ0) is 24.9. The highest BCUT2D eigenvalue weighted by atomic mass is 16.6. The van der Waals surface area contributed by atoms with Crippen LogP contribution < -0.4 is 9.47 Å². The van der Waals surface area contributed by atoms with Gasteiger partial charge in [-0.1, -0.05) is 60.7 Å². The van der Waals surface area contributed by atoms with Gasteiger partial charge in [0.15, 0.2) is 11.5 Å². The van der Waals surface area contributed by atoms with Crippen LogP contribution in [0.3, 0.4) is 0 Å². The molecule has 0 amide bonds. The molecule has 0 N–H and O–H groups in total. The first kappa shape index (κ1) is 23.1. The van der Waals surface area contributed by atoms with E-state index in [1.54, 1.807) is 12.1 Å². The van der Waals surface area contributed by atoms with Gasteiger partial charge in [0, 0.05) is 12.1 Å². The van der Waals surface area contributed by atoms with Crippen LogP contribution in [0.15, 0.2) is 78.9 Å². The van der Waals surface area contributed by atoms with E-state index in [4.69, 9.17) is 9.47 Å². The summed E-state index contributed by atoms with van der Waals surface area (Å²) in [6, 6.07) is 21.6. The molecular formula is C26H18N2O7. The van der Waals surface area contributed by atoms with Crippen molar-refractivity contribution in [2.45, 2.75) is 0 Å². The molecule has 0 saturated heterocycles. The number of nitro groups is 2. The monoisotopic (exact) mass is 470 g/mol. The minimum Gasteiger partial charge on any atom is -0.493 e. The molecule has 0 aliphatic rings. The van der Waals surface area contributed by atoms with Crippen LogP contribution >= 0.6 is 0 Å². The molecule has 0 bridgehead atoms. The van der Waals surface area contributed by atoms with Crippen molar-refractivity contribution < 1.29 is 24.1 Å². The third kappa shape index (κ3) is 5.14. The number of esters is 1. The highest BCUT2D eigenvalue weighted by Gasteiger charge is 2.22. The molecule has 0 aromatic heterocycles. The van der Waals surface area contributed by atoms with Crippen LogP contribution in [0.25, 0.3) is 22.9 Å². The first-order valence-electron chi connectivity index (χ1n) is 10.4. The first-order valence-corrected chi connectivity index (χ1v) is 10.4. The number of fused-ring (bicyclic) bond motifs is 1. The third-order valence-electron chi connectivity index (χ3n) is 5.23. The Labute approximate surface area is 199 Å². The van der Waals surface area contributed by atoms with Crippen molar-refractivity contribution in [2.75, 3.05) is 7.11 Å². The van der Waals surface area contributed by atoms with E-state index < -0.39 is 27.2 Å². The number of benzene rings is 4. The number of ether oxygens (including phenoxy) is 2. The zero-order valence-electron chi connectivity index (χ0n) is 18.4. The SMILES string of the molecule is COc1cc(C=Cc2cccc3ccccc23)ccc1OC(=O)c1cc([N+](=O)[O-])cc([N+](=O)[O-])c1. The quantitative estimate of drug-likeness (QED) is 0.106. The molecule has 4 aromatic carbocycles. The molecule has 35 heavy (non-hydrogen) atoms. The van der Waals surface area contributed by atoms with Crippen LogP contribution in [-0.2, 0) is 0 Å². The van der Waals surface area contributed by atoms with Gasteiger partial charge in [0.2, 0.25) is 0 Å². The fourth-order valence-corrected chi connectivity index (χ4v) is 3.54. The molecule has 0 unspecified atom stereocenters. The average Bonchev–Trinajstić information content (AvgIpc) is 2.87. The molecule has 0 spiro atoms. The number of carbonyl (C=O) groups excluding carboxylic acids is 1. The van der Waals surface area contributed by atoms with Crippen molar-refractivity contribution in [1.82, 2.24) is 0 Å². The summed E-state index contributed by atoms with van der Waals surface area (Å²) >= 11 is 0. The number of carbonyl (C=O) groups is 1. The number of rotatable bonds is 7. The molecule has 4 aromatic rings. The summed E-state index contributed by atoms with van der Waals surface area (Å²) in [5.74, 6) is -0.679. The van der Waals surface area contributed by atoms with Crippen LogP contribution in [0.5, 0.6) is 11.5 Å². The Hall–Kier alpha value is -5.05. The van der Waals surface area contributed by atoms with E-state index in [2.05, 4.69) is 0 Å². The molecule has 0 atom stereocenters. The molecule has 9 heteroatoms. The number of nitrogens with zero attached hydrogens (tertiary/aromatic N) is 2. The lowest BCUT2D eigenvalue weighted by Gasteiger charge is -2.10. The van der Waals surface area contributed by atoms with Crippen molar-refractivity contribution in [1.29, 1.82) is 0 Å². The maximum Gasteiger partial charge on any atom is 0.344 e. The fraction of sp³-hybridized carbons (Fsp3) is 0.0385. The zero-order valence-corrected chi connectivity index (χ0v) is 18.4. The van der Waals surface area contributed by atoms with Gasteiger partial charge in [-0.3, -0.25) is 20.2 Å². The van der Waals surface area contributed by atoms with Gasteiger partial charge in [0.1, 0.15) is 0 Å². The Bertz CT molecular complexity index is 1460. The summed E-state index contributed by atoms with van der Waals surface area (Å²) in [6.45, 7) is 0. The minimum absolute atomic E-state index is 0.0639. The van der Waals surface area contributed by atoms with Crippen LogP contribution in [0.2, 0.25) is 0 Å². The van der Waals surface area contributed by atoms with Crippen LogP contribution in [0.4, 0.5) is 11.4 Å². The Kier molecular flexibility index (Phi) is 6.50. The predicted molar refractivity (Wildman–Crippen MR) is 131 cm³/mol. The average molecular weight is 470 g/mol. The van der Waals surface area contributed by atoms with Gasteiger partial charge in [-0.05, 0) is 34.0 Å². The molecule has 0 heterocycles. The number of nitro benzene ring substituents is 2. The summed E-state index contributed by atoms with van der Waals surface area (Å²) < 4.78 is 10.7. The summed E-state index contributed by atoms with van der Waals surface area (Å²) in [7, 11) is 1.41. The van der Waals surface area contributed by atoms with Gasteiger partial charge in [-0.2, -0.15) is 0 Å². The van der Waals surface area contributed by atoms with E-state index in [0.29, 0.717) is 0 Å². The maximum atomic E-state index is 12.6. The van der Waals surface area contributed by atoms with Crippen molar-refractivity contribution in [3.63, 3.8) is 0 Å². The number of non-ortho nitro benzene ring substituents is 2. The van der Waals surface area contributed by atoms with Gasteiger partial charge >= 0.3 is 5.97 Å². The van der Waals surface area contributed by atoms with E-state index in [1.165, 1.54) is 13.2 Å². The molecule has 0 fully saturated rings. The van der Waals surface area contributed by atoms with Crippen LogP contribution in [0, 0.1) is 20.2 Å². The molecular weight excluding hydrogens is 452 g/mol. The standard InChI is InChI=1S/C26H18N2O7/c1-34-25-13-17(9-11-19-7-4-6-18-5-2-3-8-23(18)19)10-12-24(25)35-26(29)20-14-21(27(30)31)16-22(15-20)28(32)33/h2-16H,1H3. The Morgan fingerprint density at radius 3 is 2.17 bits per heavy atom. The lowest BCUT2D eigenvalue weighted by Crippen LogP contribution is -2.10. The Morgan fingerprint density at radius 2 is 1.49 bits per heavy atom. The van der Waals surface area contributed by atoms with E-state index in [0.717, 1.165) is 40.1 Å². The fourth-order valence-electron chi connectivity index (χ4n) is 3.54. The molecule has 0 aliphatic heterocycles. The highest BCUT2D eigenvalue weighted by Crippen LogP contribution is 2.31. The Balaban J connectivity index is 1.59. The molecule has 174 valence electrons. The van der Waals surface area contributed by atoms with Gasteiger partial charge in [0.05, 0.1) is 28.6 Å². The molecule has 9 nitrogen and oxygen atoms in total. The van der Waals surface area contributed by atoms with Crippen molar-refractivity contribution in [2.24, 2.45) is 0 Å². The van der Waals surface area contributed by atoms with Gasteiger partial charge in [0.25, 0.3) is 11.4 Å². The molecule has 0 saturated carbocycles. The van der Waals surface area contributed by atoms with E-state index in [-0.39, 0.29) is 17.1 Å².